The minimum Gasteiger partial charge on any atom is -0.369 e. The molecule has 114 valence electrons. The van der Waals surface area contributed by atoms with Gasteiger partial charge >= 0.3 is 0 Å². The molecule has 0 bridgehead atoms. The zero-order valence-electron chi connectivity index (χ0n) is 12.1. The lowest BCUT2D eigenvalue weighted by Gasteiger charge is -2.31. The fraction of sp³-hybridized carbons (Fsp3) is 0.467. The molecule has 21 heavy (non-hydrogen) atoms. The van der Waals surface area contributed by atoms with Crippen LogP contribution < -0.4 is 16.0 Å². The minimum absolute atomic E-state index is 0.0301. The minimum atomic E-state index is -0.257. The van der Waals surface area contributed by atoms with Crippen LogP contribution in [0.3, 0.4) is 0 Å². The number of quaternary nitrogens is 1. The number of amides is 2. The van der Waals surface area contributed by atoms with Crippen molar-refractivity contribution in [3.05, 3.63) is 28.7 Å². The Hall–Kier alpha value is -1.40. The van der Waals surface area contributed by atoms with Crippen LogP contribution in [0.15, 0.2) is 28.7 Å². The van der Waals surface area contributed by atoms with Gasteiger partial charge < -0.3 is 16.0 Å². The molecule has 2 amide bonds. The molecule has 0 saturated carbocycles. The third kappa shape index (κ3) is 4.28. The molecule has 1 aliphatic heterocycles. The number of rotatable bonds is 4. The van der Waals surface area contributed by atoms with Crippen molar-refractivity contribution in [1.29, 1.82) is 0 Å². The van der Waals surface area contributed by atoms with E-state index in [9.17, 15) is 9.59 Å². The number of halogens is 1. The zero-order chi connectivity index (χ0) is 15.4. The highest BCUT2D eigenvalue weighted by atomic mass is 79.9. The van der Waals surface area contributed by atoms with E-state index in [0.717, 1.165) is 34.4 Å². The molecule has 0 aliphatic carbocycles. The van der Waals surface area contributed by atoms with Gasteiger partial charge in [-0.05, 0) is 44.0 Å². The number of piperidine rings is 1. The molecule has 6 heteroatoms. The monoisotopic (exact) mass is 354 g/mol. The van der Waals surface area contributed by atoms with Gasteiger partial charge in [0.2, 0.25) is 5.91 Å². The molecule has 1 aliphatic rings. The van der Waals surface area contributed by atoms with Gasteiger partial charge in [0.25, 0.3) is 5.91 Å². The molecule has 1 fully saturated rings. The van der Waals surface area contributed by atoms with Crippen molar-refractivity contribution in [2.75, 3.05) is 18.4 Å². The first-order valence-corrected chi connectivity index (χ1v) is 7.97. The van der Waals surface area contributed by atoms with E-state index in [1.165, 1.54) is 0 Å². The van der Waals surface area contributed by atoms with E-state index in [0.29, 0.717) is 6.54 Å². The second-order valence-electron chi connectivity index (χ2n) is 5.57. The third-order valence-electron chi connectivity index (χ3n) is 4.08. The fourth-order valence-electron chi connectivity index (χ4n) is 2.70. The molecule has 1 aromatic carbocycles. The second-order valence-corrected chi connectivity index (χ2v) is 6.49. The van der Waals surface area contributed by atoms with Crippen molar-refractivity contribution in [3.63, 3.8) is 0 Å². The molecule has 0 spiro atoms. The quantitative estimate of drug-likeness (QED) is 0.738. The van der Waals surface area contributed by atoms with Crippen LogP contribution in [-0.2, 0) is 9.59 Å². The Morgan fingerprint density at radius 1 is 1.38 bits per heavy atom. The molecule has 4 N–H and O–H groups in total. The molecule has 3 atom stereocenters. The topological polar surface area (TPSA) is 76.6 Å². The van der Waals surface area contributed by atoms with Gasteiger partial charge in [-0.25, -0.2) is 0 Å². The van der Waals surface area contributed by atoms with Gasteiger partial charge in [0.1, 0.15) is 0 Å². The van der Waals surface area contributed by atoms with Crippen LogP contribution in [0.2, 0.25) is 0 Å². The Morgan fingerprint density at radius 2 is 2.05 bits per heavy atom. The first-order chi connectivity index (χ1) is 9.97. The van der Waals surface area contributed by atoms with Crippen LogP contribution in [0, 0.1) is 5.92 Å². The Kier molecular flexibility index (Phi) is 5.36. The van der Waals surface area contributed by atoms with Gasteiger partial charge in [-0.15, -0.1) is 0 Å². The number of anilines is 1. The average molecular weight is 355 g/mol. The third-order valence-corrected chi connectivity index (χ3v) is 4.61. The maximum absolute atomic E-state index is 12.3. The number of primary amides is 1. The molecule has 5 nitrogen and oxygen atoms in total. The molecule has 0 radical (unpaired) electrons. The van der Waals surface area contributed by atoms with Gasteiger partial charge in [0, 0.05) is 10.2 Å². The van der Waals surface area contributed by atoms with Crippen molar-refractivity contribution in [2.45, 2.75) is 25.8 Å². The van der Waals surface area contributed by atoms with E-state index >= 15 is 0 Å². The highest BCUT2D eigenvalue weighted by Gasteiger charge is 2.33. The zero-order valence-corrected chi connectivity index (χ0v) is 13.7. The summed E-state index contributed by atoms with van der Waals surface area (Å²) in [5.41, 5.74) is 6.16. The molecule has 1 saturated heterocycles. The van der Waals surface area contributed by atoms with Crippen LogP contribution >= 0.6 is 15.9 Å². The van der Waals surface area contributed by atoms with Crippen LogP contribution in [0.1, 0.15) is 19.8 Å². The summed E-state index contributed by atoms with van der Waals surface area (Å²) in [5.74, 6) is -0.401. The number of nitrogens with two attached hydrogens (primary N) is 1. The van der Waals surface area contributed by atoms with E-state index in [4.69, 9.17) is 5.73 Å². The normalized spacial score (nSPS) is 23.3. The number of benzene rings is 1. The van der Waals surface area contributed by atoms with Crippen LogP contribution in [0.4, 0.5) is 5.69 Å². The van der Waals surface area contributed by atoms with Gasteiger partial charge in [0.05, 0.1) is 19.0 Å². The lowest BCUT2D eigenvalue weighted by Crippen LogP contribution is -3.18. The summed E-state index contributed by atoms with van der Waals surface area (Å²) in [4.78, 5) is 24.8. The predicted octanol–water partition coefficient (Wildman–Crippen LogP) is 0.556. The van der Waals surface area contributed by atoms with Gasteiger partial charge in [0.15, 0.2) is 6.04 Å². The lowest BCUT2D eigenvalue weighted by molar-refractivity contribution is -0.921. The highest BCUT2D eigenvalue weighted by Crippen LogP contribution is 2.14. The Balaban J connectivity index is 1.95. The van der Waals surface area contributed by atoms with Crippen LogP contribution in [-0.4, -0.2) is 30.9 Å². The fourth-order valence-corrected chi connectivity index (χ4v) is 2.97. The summed E-state index contributed by atoms with van der Waals surface area (Å²) in [6.45, 7) is 3.44. The number of nitrogens with one attached hydrogen (secondary N) is 2. The van der Waals surface area contributed by atoms with Crippen molar-refractivity contribution in [1.82, 2.24) is 0 Å². The lowest BCUT2D eigenvalue weighted by atomic mass is 9.96. The van der Waals surface area contributed by atoms with Gasteiger partial charge in [-0.2, -0.15) is 0 Å². The molecular formula is C15H21BrN3O2+. The standard InChI is InChI=1S/C15H20BrN3O2/c1-10(19-8-2-3-11(9-19)14(17)20)15(21)18-13-6-4-12(16)5-7-13/h4-7,10-11H,2-3,8-9H2,1H3,(H2,17,20)(H,18,21)/p+1/t10-,11-/m0/s1. The van der Waals surface area contributed by atoms with Crippen LogP contribution in [0.25, 0.3) is 0 Å². The van der Waals surface area contributed by atoms with Crippen LogP contribution in [0.5, 0.6) is 0 Å². The number of carbonyl (C=O) groups excluding carboxylic acids is 2. The molecule has 1 heterocycles. The molecule has 1 unspecified atom stereocenters. The maximum atomic E-state index is 12.3. The van der Waals surface area contributed by atoms with Gasteiger partial charge in [-0.3, -0.25) is 9.59 Å². The van der Waals surface area contributed by atoms with Gasteiger partial charge in [-0.1, -0.05) is 15.9 Å². The number of likely N-dealkylation sites (tertiary alicyclic amines) is 1. The molecule has 0 aromatic heterocycles. The van der Waals surface area contributed by atoms with E-state index in [2.05, 4.69) is 21.2 Å². The van der Waals surface area contributed by atoms with Crippen molar-refractivity contribution < 1.29 is 14.5 Å². The molecular weight excluding hydrogens is 334 g/mol. The SMILES string of the molecule is C[C@@H](C(=O)Nc1ccc(Br)cc1)[NH+]1CCC[C@H](C(N)=O)C1. The highest BCUT2D eigenvalue weighted by molar-refractivity contribution is 9.10. The maximum Gasteiger partial charge on any atom is 0.282 e. The van der Waals surface area contributed by atoms with E-state index in [1.807, 2.05) is 31.2 Å². The molecule has 2 rings (SSSR count). The summed E-state index contributed by atoms with van der Waals surface area (Å²) in [6, 6.07) is 7.28. The summed E-state index contributed by atoms with van der Waals surface area (Å²) in [6.07, 6.45) is 1.76. The largest absolute Gasteiger partial charge is 0.369 e. The summed E-state index contributed by atoms with van der Waals surface area (Å²) in [7, 11) is 0. The second kappa shape index (κ2) is 7.04. The Morgan fingerprint density at radius 3 is 2.67 bits per heavy atom. The van der Waals surface area contributed by atoms with Crippen molar-refractivity contribution >= 4 is 33.4 Å². The summed E-state index contributed by atoms with van der Waals surface area (Å²) < 4.78 is 0.972. The smallest absolute Gasteiger partial charge is 0.282 e. The molecule has 1 aromatic rings. The van der Waals surface area contributed by atoms with E-state index in [1.54, 1.807) is 0 Å². The Bertz CT molecular complexity index is 518. The summed E-state index contributed by atoms with van der Waals surface area (Å²) >= 11 is 3.36. The Labute approximate surface area is 133 Å². The number of hydrogen-bond donors (Lipinski definition) is 3. The van der Waals surface area contributed by atoms with E-state index in [-0.39, 0.29) is 23.8 Å². The number of carbonyl (C=O) groups is 2. The summed E-state index contributed by atoms with van der Waals surface area (Å²) in [5, 5.41) is 2.91. The first kappa shape index (κ1) is 16.0. The predicted molar refractivity (Wildman–Crippen MR) is 84.8 cm³/mol. The van der Waals surface area contributed by atoms with Crippen molar-refractivity contribution in [2.24, 2.45) is 11.7 Å². The first-order valence-electron chi connectivity index (χ1n) is 7.17. The van der Waals surface area contributed by atoms with Crippen molar-refractivity contribution in [3.8, 4) is 0 Å². The number of hydrogen-bond acceptors (Lipinski definition) is 2. The van der Waals surface area contributed by atoms with E-state index < -0.39 is 0 Å². The average Bonchev–Trinajstić information content (AvgIpc) is 2.49.